The summed E-state index contributed by atoms with van der Waals surface area (Å²) in [5, 5.41) is 0. The van der Waals surface area contributed by atoms with E-state index in [-0.39, 0.29) is 31.1 Å². The fraction of sp³-hybridized carbons (Fsp3) is 0.917. The van der Waals surface area contributed by atoms with E-state index in [2.05, 4.69) is 0 Å². The van der Waals surface area contributed by atoms with Crippen molar-refractivity contribution in [3.63, 3.8) is 0 Å². The van der Waals surface area contributed by atoms with Crippen LogP contribution >= 0.6 is 7.60 Å². The van der Waals surface area contributed by atoms with Crippen LogP contribution < -0.4 is 0 Å². The lowest BCUT2D eigenvalue weighted by Gasteiger charge is -2.22. The topological polar surface area (TPSA) is 71.1 Å². The van der Waals surface area contributed by atoms with Gasteiger partial charge in [0.05, 0.1) is 24.5 Å². The Morgan fingerprint density at radius 1 is 0.947 bits per heavy atom. The average Bonchev–Trinajstić information content (AvgIpc) is 2.12. The van der Waals surface area contributed by atoms with Crippen molar-refractivity contribution in [3.05, 3.63) is 0 Å². The Morgan fingerprint density at radius 2 is 1.42 bits per heavy atom. The molecule has 0 rings (SSSR count). The van der Waals surface area contributed by atoms with Crippen LogP contribution in [-0.4, -0.2) is 37.2 Å². The van der Waals surface area contributed by atoms with Crippen LogP contribution in [0.5, 0.6) is 0 Å². The summed E-state index contributed by atoms with van der Waals surface area (Å²) in [5.41, 5.74) is 0. The number of hydrogen-bond donors (Lipinski definition) is 0. The zero-order valence-electron chi connectivity index (χ0n) is 12.5. The Hall–Kier alpha value is -0.580. The second kappa shape index (κ2) is 8.56. The molecule has 0 aliphatic carbocycles. The monoisotopic (exact) mass is 296 g/mol. The fourth-order valence-corrected chi connectivity index (χ4v) is 3.10. The normalized spacial score (nSPS) is 12.3. The van der Waals surface area contributed by atoms with E-state index < -0.39 is 13.8 Å². The van der Waals surface area contributed by atoms with Crippen LogP contribution in [0, 0.1) is 0 Å². The molecule has 6 nitrogen and oxygen atoms in total. The molecule has 0 heterocycles. The summed E-state index contributed by atoms with van der Waals surface area (Å²) in [5.74, 6) is 0. The SMILES string of the molecule is CC(C)OC(=O)OCCP(=O)(OC(C)C)OC(C)C. The summed E-state index contributed by atoms with van der Waals surface area (Å²) in [7, 11) is -3.25. The highest BCUT2D eigenvalue weighted by molar-refractivity contribution is 7.53. The highest BCUT2D eigenvalue weighted by Gasteiger charge is 2.28. The molecule has 0 spiro atoms. The number of carbonyl (C=O) groups excluding carboxylic acids is 1. The van der Waals surface area contributed by atoms with Crippen LogP contribution in [0.25, 0.3) is 0 Å². The predicted octanol–water partition coefficient (Wildman–Crippen LogP) is 3.59. The van der Waals surface area contributed by atoms with Crippen molar-refractivity contribution in [3.8, 4) is 0 Å². The minimum Gasteiger partial charge on any atom is -0.434 e. The predicted molar refractivity (Wildman–Crippen MR) is 72.5 cm³/mol. The van der Waals surface area contributed by atoms with Gasteiger partial charge in [0.25, 0.3) is 0 Å². The lowest BCUT2D eigenvalue weighted by molar-refractivity contribution is 0.0368. The molecule has 0 saturated carbocycles. The quantitative estimate of drug-likeness (QED) is 0.503. The van der Waals surface area contributed by atoms with Gasteiger partial charge in [-0.05, 0) is 41.5 Å². The lowest BCUT2D eigenvalue weighted by atomic mass is 10.5. The molecule has 0 unspecified atom stereocenters. The first-order chi connectivity index (χ1) is 8.64. The molecular weight excluding hydrogens is 271 g/mol. The summed E-state index contributed by atoms with van der Waals surface area (Å²) in [6, 6.07) is 0. The van der Waals surface area contributed by atoms with E-state index in [1.54, 1.807) is 41.5 Å². The van der Waals surface area contributed by atoms with Gasteiger partial charge in [0, 0.05) is 0 Å². The zero-order chi connectivity index (χ0) is 15.1. The maximum absolute atomic E-state index is 12.4. The van der Waals surface area contributed by atoms with E-state index >= 15 is 0 Å². The highest BCUT2D eigenvalue weighted by atomic mass is 31.2. The first-order valence-electron chi connectivity index (χ1n) is 6.44. The van der Waals surface area contributed by atoms with Crippen molar-refractivity contribution in [2.75, 3.05) is 12.8 Å². The number of rotatable bonds is 8. The van der Waals surface area contributed by atoms with Gasteiger partial charge in [-0.3, -0.25) is 4.57 Å². The van der Waals surface area contributed by atoms with Crippen LogP contribution in [-0.2, 0) is 23.1 Å². The molecule has 0 aliphatic rings. The maximum atomic E-state index is 12.4. The van der Waals surface area contributed by atoms with Crippen molar-refractivity contribution in [1.82, 2.24) is 0 Å². The average molecular weight is 296 g/mol. The second-order valence-corrected chi connectivity index (χ2v) is 7.00. The first kappa shape index (κ1) is 18.4. The molecule has 0 fully saturated rings. The number of carbonyl (C=O) groups is 1. The molecule has 0 N–H and O–H groups in total. The van der Waals surface area contributed by atoms with E-state index in [0.29, 0.717) is 0 Å². The van der Waals surface area contributed by atoms with Crippen LogP contribution in [0.1, 0.15) is 41.5 Å². The molecule has 0 atom stereocenters. The first-order valence-corrected chi connectivity index (χ1v) is 8.16. The van der Waals surface area contributed by atoms with Gasteiger partial charge in [-0.1, -0.05) is 0 Å². The van der Waals surface area contributed by atoms with Gasteiger partial charge in [-0.25, -0.2) is 4.79 Å². The van der Waals surface area contributed by atoms with E-state index in [9.17, 15) is 9.36 Å². The molecule has 7 heteroatoms. The van der Waals surface area contributed by atoms with Crippen LogP contribution in [0.3, 0.4) is 0 Å². The van der Waals surface area contributed by atoms with Crippen LogP contribution in [0.4, 0.5) is 4.79 Å². The largest absolute Gasteiger partial charge is 0.508 e. The molecule has 0 aromatic carbocycles. The molecule has 0 bridgehead atoms. The van der Waals surface area contributed by atoms with Crippen molar-refractivity contribution in [2.24, 2.45) is 0 Å². The Labute approximate surface area is 115 Å². The third kappa shape index (κ3) is 9.93. The summed E-state index contributed by atoms with van der Waals surface area (Å²) >= 11 is 0. The van der Waals surface area contributed by atoms with E-state index in [4.69, 9.17) is 18.5 Å². The smallest absolute Gasteiger partial charge is 0.434 e. The van der Waals surface area contributed by atoms with Crippen molar-refractivity contribution in [1.29, 1.82) is 0 Å². The molecule has 19 heavy (non-hydrogen) atoms. The molecule has 0 amide bonds. The van der Waals surface area contributed by atoms with E-state index in [0.717, 1.165) is 0 Å². The molecular formula is C12H25O6P. The van der Waals surface area contributed by atoms with Gasteiger partial charge in [-0.15, -0.1) is 0 Å². The molecule has 114 valence electrons. The minimum absolute atomic E-state index is 0.0105. The van der Waals surface area contributed by atoms with E-state index in [1.807, 2.05) is 0 Å². The third-order valence-corrected chi connectivity index (χ3v) is 3.88. The van der Waals surface area contributed by atoms with Gasteiger partial charge >= 0.3 is 13.8 Å². The van der Waals surface area contributed by atoms with Crippen molar-refractivity contribution >= 4 is 13.8 Å². The molecule has 0 radical (unpaired) electrons. The number of hydrogen-bond acceptors (Lipinski definition) is 6. The van der Waals surface area contributed by atoms with Crippen molar-refractivity contribution < 1.29 is 27.9 Å². The molecule has 0 aromatic rings. The van der Waals surface area contributed by atoms with Gasteiger partial charge in [0.15, 0.2) is 0 Å². The second-order valence-electron chi connectivity index (χ2n) is 4.91. The van der Waals surface area contributed by atoms with Gasteiger partial charge in [-0.2, -0.15) is 0 Å². The third-order valence-electron chi connectivity index (χ3n) is 1.66. The van der Waals surface area contributed by atoms with Gasteiger partial charge in [0.1, 0.15) is 6.61 Å². The molecule has 0 aromatic heterocycles. The maximum Gasteiger partial charge on any atom is 0.508 e. The van der Waals surface area contributed by atoms with Crippen LogP contribution in [0.2, 0.25) is 0 Å². The van der Waals surface area contributed by atoms with Crippen molar-refractivity contribution in [2.45, 2.75) is 59.9 Å². The minimum atomic E-state index is -3.25. The van der Waals surface area contributed by atoms with Gasteiger partial charge < -0.3 is 18.5 Å². The standard InChI is InChI=1S/C12H25O6P/c1-9(2)16-12(13)15-7-8-19(14,17-10(3)4)18-11(5)6/h9-11H,7-8H2,1-6H3. The number of ether oxygens (including phenoxy) is 2. The zero-order valence-corrected chi connectivity index (χ0v) is 13.4. The summed E-state index contributed by atoms with van der Waals surface area (Å²) in [6.07, 6.45) is -1.48. The van der Waals surface area contributed by atoms with Crippen LogP contribution in [0.15, 0.2) is 0 Å². The Morgan fingerprint density at radius 3 is 1.79 bits per heavy atom. The summed E-state index contributed by atoms with van der Waals surface area (Å²) < 4.78 is 32.6. The summed E-state index contributed by atoms with van der Waals surface area (Å²) in [4.78, 5) is 11.2. The Bertz CT molecular complexity index is 299. The molecule has 0 saturated heterocycles. The Balaban J connectivity index is 4.27. The lowest BCUT2D eigenvalue weighted by Crippen LogP contribution is -2.17. The fourth-order valence-electron chi connectivity index (χ4n) is 1.24. The summed E-state index contributed by atoms with van der Waals surface area (Å²) in [6.45, 7) is 10.4. The van der Waals surface area contributed by atoms with Gasteiger partial charge in [0.2, 0.25) is 0 Å². The highest BCUT2D eigenvalue weighted by Crippen LogP contribution is 2.50. The molecule has 0 aliphatic heterocycles. The van der Waals surface area contributed by atoms with E-state index in [1.165, 1.54) is 0 Å². The Kier molecular flexibility index (Phi) is 8.30.